The first-order valence-corrected chi connectivity index (χ1v) is 6.87. The number of aromatic nitrogens is 3. The minimum atomic E-state index is 0.549. The molecule has 3 heterocycles. The van der Waals surface area contributed by atoms with E-state index in [1.54, 1.807) is 0 Å². The van der Waals surface area contributed by atoms with Crippen molar-refractivity contribution in [2.45, 2.75) is 39.2 Å². The van der Waals surface area contributed by atoms with Crippen LogP contribution < -0.4 is 0 Å². The standard InChI is InChI=1S/C14H20N4O/c1-10-11(2)19-14(16-10)9-18-7-3-4-12(8-18)13-5-6-15-17-13/h5-6,12H,3-4,7-9H2,1-2H3,(H,15,17)/t12-/m0/s1. The van der Waals surface area contributed by atoms with E-state index in [9.17, 15) is 0 Å². The summed E-state index contributed by atoms with van der Waals surface area (Å²) in [6.07, 6.45) is 4.26. The van der Waals surface area contributed by atoms with Crippen LogP contribution in [0.2, 0.25) is 0 Å². The highest BCUT2D eigenvalue weighted by Gasteiger charge is 2.23. The molecule has 1 saturated heterocycles. The van der Waals surface area contributed by atoms with E-state index in [1.165, 1.54) is 18.5 Å². The van der Waals surface area contributed by atoms with E-state index >= 15 is 0 Å². The molecule has 5 heteroatoms. The molecule has 5 nitrogen and oxygen atoms in total. The lowest BCUT2D eigenvalue weighted by molar-refractivity contribution is 0.181. The summed E-state index contributed by atoms with van der Waals surface area (Å²) in [5.74, 6) is 2.31. The van der Waals surface area contributed by atoms with E-state index in [-0.39, 0.29) is 0 Å². The van der Waals surface area contributed by atoms with Gasteiger partial charge in [0, 0.05) is 24.4 Å². The molecule has 1 fully saturated rings. The molecule has 0 spiro atoms. The predicted octanol–water partition coefficient (Wildman–Crippen LogP) is 2.39. The molecule has 3 rings (SSSR count). The number of hydrogen-bond acceptors (Lipinski definition) is 4. The van der Waals surface area contributed by atoms with Crippen LogP contribution >= 0.6 is 0 Å². The Labute approximate surface area is 113 Å². The molecular weight excluding hydrogens is 240 g/mol. The van der Waals surface area contributed by atoms with Crippen molar-refractivity contribution in [3.8, 4) is 0 Å². The quantitative estimate of drug-likeness (QED) is 0.920. The third-order valence-electron chi connectivity index (χ3n) is 3.90. The Morgan fingerprint density at radius 2 is 2.37 bits per heavy atom. The molecule has 0 amide bonds. The van der Waals surface area contributed by atoms with Crippen LogP contribution in [0.25, 0.3) is 0 Å². The number of rotatable bonds is 3. The van der Waals surface area contributed by atoms with Crippen molar-refractivity contribution in [2.24, 2.45) is 0 Å². The van der Waals surface area contributed by atoms with Gasteiger partial charge in [0.15, 0.2) is 0 Å². The number of oxazole rings is 1. The van der Waals surface area contributed by atoms with Crippen molar-refractivity contribution in [3.05, 3.63) is 35.3 Å². The SMILES string of the molecule is Cc1nc(CN2CCC[C@H](c3ccn[nH]3)C2)oc1C. The van der Waals surface area contributed by atoms with Crippen LogP contribution in [0.5, 0.6) is 0 Å². The van der Waals surface area contributed by atoms with Gasteiger partial charge in [-0.1, -0.05) is 0 Å². The number of aromatic amines is 1. The summed E-state index contributed by atoms with van der Waals surface area (Å²) in [5.41, 5.74) is 2.24. The maximum Gasteiger partial charge on any atom is 0.208 e. The molecule has 1 atom stereocenters. The first kappa shape index (κ1) is 12.4. The zero-order valence-corrected chi connectivity index (χ0v) is 11.5. The van der Waals surface area contributed by atoms with Gasteiger partial charge in [0.1, 0.15) is 5.76 Å². The number of hydrogen-bond donors (Lipinski definition) is 1. The van der Waals surface area contributed by atoms with Gasteiger partial charge in [-0.25, -0.2) is 4.98 Å². The summed E-state index contributed by atoms with van der Waals surface area (Å²) in [6, 6.07) is 2.08. The van der Waals surface area contributed by atoms with Crippen molar-refractivity contribution in [1.82, 2.24) is 20.1 Å². The maximum absolute atomic E-state index is 5.67. The lowest BCUT2D eigenvalue weighted by Crippen LogP contribution is -2.34. The van der Waals surface area contributed by atoms with Gasteiger partial charge in [-0.2, -0.15) is 5.10 Å². The molecule has 2 aromatic heterocycles. The monoisotopic (exact) mass is 260 g/mol. The summed E-state index contributed by atoms with van der Waals surface area (Å²) in [5, 5.41) is 7.14. The fourth-order valence-electron chi connectivity index (χ4n) is 2.75. The molecule has 2 aromatic rings. The topological polar surface area (TPSA) is 58.0 Å². The fourth-order valence-corrected chi connectivity index (χ4v) is 2.75. The number of piperidine rings is 1. The minimum Gasteiger partial charge on any atom is -0.444 e. The van der Waals surface area contributed by atoms with Crippen LogP contribution in [-0.4, -0.2) is 33.2 Å². The van der Waals surface area contributed by atoms with Gasteiger partial charge in [0.2, 0.25) is 5.89 Å². The Bertz CT molecular complexity index is 512. The maximum atomic E-state index is 5.67. The van der Waals surface area contributed by atoms with Gasteiger partial charge in [-0.3, -0.25) is 10.00 Å². The molecular formula is C14H20N4O. The molecule has 102 valence electrons. The van der Waals surface area contributed by atoms with Gasteiger partial charge in [-0.15, -0.1) is 0 Å². The summed E-state index contributed by atoms with van der Waals surface area (Å²) in [6.45, 7) is 6.93. The highest BCUT2D eigenvalue weighted by Crippen LogP contribution is 2.26. The first-order chi connectivity index (χ1) is 9.22. The van der Waals surface area contributed by atoms with Gasteiger partial charge < -0.3 is 4.42 Å². The van der Waals surface area contributed by atoms with Gasteiger partial charge in [-0.05, 0) is 39.3 Å². The van der Waals surface area contributed by atoms with E-state index in [4.69, 9.17) is 4.42 Å². The number of H-pyrrole nitrogens is 1. The van der Waals surface area contributed by atoms with E-state index in [1.807, 2.05) is 20.0 Å². The zero-order valence-electron chi connectivity index (χ0n) is 11.5. The average Bonchev–Trinajstić information content (AvgIpc) is 3.01. The molecule has 0 aliphatic carbocycles. The number of aryl methyl sites for hydroxylation is 2. The van der Waals surface area contributed by atoms with E-state index in [0.717, 1.165) is 37.0 Å². The lowest BCUT2D eigenvalue weighted by atomic mass is 9.95. The largest absolute Gasteiger partial charge is 0.444 e. The van der Waals surface area contributed by atoms with Gasteiger partial charge in [0.05, 0.1) is 12.2 Å². The third kappa shape index (κ3) is 2.71. The third-order valence-corrected chi connectivity index (χ3v) is 3.90. The Balaban J connectivity index is 1.65. The van der Waals surface area contributed by atoms with Gasteiger partial charge in [0.25, 0.3) is 0 Å². The molecule has 1 aliphatic heterocycles. The molecule has 0 unspecified atom stereocenters. The zero-order chi connectivity index (χ0) is 13.2. The second-order valence-corrected chi connectivity index (χ2v) is 5.34. The van der Waals surface area contributed by atoms with Crippen LogP contribution in [0, 0.1) is 13.8 Å². The molecule has 0 bridgehead atoms. The summed E-state index contributed by atoms with van der Waals surface area (Å²) in [4.78, 5) is 6.88. The van der Waals surface area contributed by atoms with Crippen LogP contribution in [0.15, 0.2) is 16.7 Å². The fraction of sp³-hybridized carbons (Fsp3) is 0.571. The highest BCUT2D eigenvalue weighted by atomic mass is 16.4. The normalized spacial score (nSPS) is 20.8. The van der Waals surface area contributed by atoms with Crippen molar-refractivity contribution in [2.75, 3.05) is 13.1 Å². The Morgan fingerprint density at radius 1 is 1.47 bits per heavy atom. The average molecular weight is 260 g/mol. The number of nitrogens with zero attached hydrogens (tertiary/aromatic N) is 3. The molecule has 1 aliphatic rings. The van der Waals surface area contributed by atoms with Crippen LogP contribution in [-0.2, 0) is 6.54 Å². The predicted molar refractivity (Wildman–Crippen MR) is 71.8 cm³/mol. The minimum absolute atomic E-state index is 0.549. The Kier molecular flexibility index (Phi) is 3.38. The summed E-state index contributed by atoms with van der Waals surface area (Å²) in [7, 11) is 0. The second-order valence-electron chi connectivity index (χ2n) is 5.34. The second kappa shape index (κ2) is 5.17. The van der Waals surface area contributed by atoms with E-state index in [2.05, 4.69) is 26.1 Å². The van der Waals surface area contributed by atoms with Crippen LogP contribution in [0.1, 0.15) is 41.8 Å². The molecule has 1 N–H and O–H groups in total. The smallest absolute Gasteiger partial charge is 0.208 e. The number of nitrogens with one attached hydrogen (secondary N) is 1. The number of likely N-dealkylation sites (tertiary alicyclic amines) is 1. The molecule has 0 aromatic carbocycles. The first-order valence-electron chi connectivity index (χ1n) is 6.87. The summed E-state index contributed by atoms with van der Waals surface area (Å²) < 4.78 is 5.67. The van der Waals surface area contributed by atoms with Crippen LogP contribution in [0.4, 0.5) is 0 Å². The van der Waals surface area contributed by atoms with E-state index in [0.29, 0.717) is 5.92 Å². The van der Waals surface area contributed by atoms with Crippen molar-refractivity contribution in [3.63, 3.8) is 0 Å². The van der Waals surface area contributed by atoms with Crippen molar-refractivity contribution in [1.29, 1.82) is 0 Å². The molecule has 0 radical (unpaired) electrons. The van der Waals surface area contributed by atoms with Crippen LogP contribution in [0.3, 0.4) is 0 Å². The lowest BCUT2D eigenvalue weighted by Gasteiger charge is -2.31. The van der Waals surface area contributed by atoms with E-state index < -0.39 is 0 Å². The Hall–Kier alpha value is -1.62. The molecule has 19 heavy (non-hydrogen) atoms. The van der Waals surface area contributed by atoms with Gasteiger partial charge >= 0.3 is 0 Å². The highest BCUT2D eigenvalue weighted by molar-refractivity contribution is 5.08. The molecule has 0 saturated carbocycles. The van der Waals surface area contributed by atoms with Crippen molar-refractivity contribution >= 4 is 0 Å². The Morgan fingerprint density at radius 3 is 3.05 bits per heavy atom. The summed E-state index contributed by atoms with van der Waals surface area (Å²) >= 11 is 0. The van der Waals surface area contributed by atoms with Crippen molar-refractivity contribution < 1.29 is 4.42 Å².